The molecule has 0 saturated carbocycles. The Balaban J connectivity index is 2.09. The Morgan fingerprint density at radius 2 is 1.57 bits per heavy atom. The van der Waals surface area contributed by atoms with Gasteiger partial charge in [-0.1, -0.05) is 17.7 Å². The standard InChI is InChI=1S/C20H22ClNO6/c1-11-6-12(2)18(14(21)7-11)22-17(23)10-28-20(24)13-8-15(25-3)19(27-5)16(9-13)26-4/h6-9H,10H2,1-5H3,(H,22,23). The Bertz CT molecular complexity index is 848. The lowest BCUT2D eigenvalue weighted by Gasteiger charge is -2.14. The highest BCUT2D eigenvalue weighted by atomic mass is 35.5. The Hall–Kier alpha value is -2.93. The minimum Gasteiger partial charge on any atom is -0.493 e. The van der Waals surface area contributed by atoms with Crippen LogP contribution in [-0.2, 0) is 9.53 Å². The molecule has 2 aromatic rings. The van der Waals surface area contributed by atoms with Crippen LogP contribution in [0.4, 0.5) is 5.69 Å². The fourth-order valence-corrected chi connectivity index (χ4v) is 3.03. The van der Waals surface area contributed by atoms with Crippen LogP contribution in [0, 0.1) is 13.8 Å². The van der Waals surface area contributed by atoms with Crippen LogP contribution < -0.4 is 19.5 Å². The van der Waals surface area contributed by atoms with E-state index in [1.165, 1.54) is 33.5 Å². The summed E-state index contributed by atoms with van der Waals surface area (Å²) < 4.78 is 20.7. The number of esters is 1. The van der Waals surface area contributed by atoms with Crippen LogP contribution in [0.3, 0.4) is 0 Å². The molecule has 0 saturated heterocycles. The summed E-state index contributed by atoms with van der Waals surface area (Å²) in [5.41, 5.74) is 2.44. The molecule has 0 aliphatic heterocycles. The molecule has 0 heterocycles. The van der Waals surface area contributed by atoms with Gasteiger partial charge in [-0.15, -0.1) is 0 Å². The smallest absolute Gasteiger partial charge is 0.338 e. The number of ether oxygens (including phenoxy) is 4. The minimum absolute atomic E-state index is 0.159. The van der Waals surface area contributed by atoms with E-state index in [0.717, 1.165) is 11.1 Å². The van der Waals surface area contributed by atoms with Crippen molar-refractivity contribution in [3.05, 3.63) is 46.0 Å². The van der Waals surface area contributed by atoms with Crippen molar-refractivity contribution in [2.45, 2.75) is 13.8 Å². The van der Waals surface area contributed by atoms with Gasteiger partial charge in [0.2, 0.25) is 5.75 Å². The van der Waals surface area contributed by atoms with Crippen molar-refractivity contribution in [1.82, 2.24) is 0 Å². The van der Waals surface area contributed by atoms with Crippen molar-refractivity contribution in [1.29, 1.82) is 0 Å². The highest BCUT2D eigenvalue weighted by molar-refractivity contribution is 6.34. The van der Waals surface area contributed by atoms with Crippen molar-refractivity contribution in [3.63, 3.8) is 0 Å². The molecular weight excluding hydrogens is 386 g/mol. The predicted molar refractivity (Wildman–Crippen MR) is 106 cm³/mol. The van der Waals surface area contributed by atoms with Crippen LogP contribution in [0.5, 0.6) is 17.2 Å². The number of halogens is 1. The number of hydrogen-bond donors (Lipinski definition) is 1. The number of hydrogen-bond acceptors (Lipinski definition) is 6. The van der Waals surface area contributed by atoms with Crippen LogP contribution in [0.1, 0.15) is 21.5 Å². The molecule has 0 aromatic heterocycles. The molecular formula is C20H22ClNO6. The first-order valence-corrected chi connectivity index (χ1v) is 8.72. The highest BCUT2D eigenvalue weighted by Gasteiger charge is 2.19. The number of benzene rings is 2. The SMILES string of the molecule is COc1cc(C(=O)OCC(=O)Nc2c(C)cc(C)cc2Cl)cc(OC)c1OC. The van der Waals surface area contributed by atoms with E-state index < -0.39 is 18.5 Å². The van der Waals surface area contributed by atoms with Crippen LogP contribution in [0.25, 0.3) is 0 Å². The van der Waals surface area contributed by atoms with E-state index in [0.29, 0.717) is 28.0 Å². The van der Waals surface area contributed by atoms with Gasteiger partial charge in [-0.3, -0.25) is 4.79 Å². The molecule has 0 fully saturated rings. The number of aryl methyl sites for hydroxylation is 2. The molecule has 2 aromatic carbocycles. The second-order valence-corrected chi connectivity index (χ2v) is 6.38. The van der Waals surface area contributed by atoms with Crippen LogP contribution in [0.2, 0.25) is 5.02 Å². The van der Waals surface area contributed by atoms with Gasteiger partial charge >= 0.3 is 5.97 Å². The number of carbonyl (C=O) groups is 2. The van der Waals surface area contributed by atoms with Gasteiger partial charge in [-0.25, -0.2) is 4.79 Å². The second kappa shape index (κ2) is 9.32. The van der Waals surface area contributed by atoms with E-state index in [9.17, 15) is 9.59 Å². The average Bonchev–Trinajstić information content (AvgIpc) is 2.67. The molecule has 0 aliphatic rings. The van der Waals surface area contributed by atoms with E-state index in [2.05, 4.69) is 5.32 Å². The summed E-state index contributed by atoms with van der Waals surface area (Å²) in [7, 11) is 4.34. The van der Waals surface area contributed by atoms with Gasteiger partial charge in [-0.2, -0.15) is 0 Å². The van der Waals surface area contributed by atoms with E-state index in [-0.39, 0.29) is 5.56 Å². The van der Waals surface area contributed by atoms with Gasteiger partial charge in [0.05, 0.1) is 37.6 Å². The number of amides is 1. The predicted octanol–water partition coefficient (Wildman–Crippen LogP) is 3.78. The molecule has 1 amide bonds. The van der Waals surface area contributed by atoms with E-state index >= 15 is 0 Å². The van der Waals surface area contributed by atoms with E-state index in [1.807, 2.05) is 19.9 Å². The molecule has 7 nitrogen and oxygen atoms in total. The number of nitrogens with one attached hydrogen (secondary N) is 1. The Morgan fingerprint density at radius 1 is 0.964 bits per heavy atom. The van der Waals surface area contributed by atoms with Crippen molar-refractivity contribution in [2.75, 3.05) is 33.3 Å². The zero-order valence-electron chi connectivity index (χ0n) is 16.3. The van der Waals surface area contributed by atoms with Gasteiger partial charge in [-0.05, 0) is 43.2 Å². The van der Waals surface area contributed by atoms with Crippen molar-refractivity contribution < 1.29 is 28.5 Å². The molecule has 1 N–H and O–H groups in total. The number of anilines is 1. The first-order valence-electron chi connectivity index (χ1n) is 8.34. The van der Waals surface area contributed by atoms with Gasteiger partial charge < -0.3 is 24.3 Å². The highest BCUT2D eigenvalue weighted by Crippen LogP contribution is 2.38. The molecule has 0 radical (unpaired) electrons. The van der Waals surface area contributed by atoms with Crippen LogP contribution >= 0.6 is 11.6 Å². The summed E-state index contributed by atoms with van der Waals surface area (Å²) in [6.45, 7) is 3.26. The summed E-state index contributed by atoms with van der Waals surface area (Å²) in [6, 6.07) is 6.53. The van der Waals surface area contributed by atoms with Gasteiger partial charge in [0.25, 0.3) is 5.91 Å². The normalized spacial score (nSPS) is 10.2. The maximum Gasteiger partial charge on any atom is 0.338 e. The summed E-state index contributed by atoms with van der Waals surface area (Å²) in [6.07, 6.45) is 0. The van der Waals surface area contributed by atoms with Crippen LogP contribution in [0.15, 0.2) is 24.3 Å². The van der Waals surface area contributed by atoms with Crippen molar-refractivity contribution in [3.8, 4) is 17.2 Å². The third-order valence-electron chi connectivity index (χ3n) is 3.93. The summed E-state index contributed by atoms with van der Waals surface area (Å²) in [5, 5.41) is 3.08. The molecule has 28 heavy (non-hydrogen) atoms. The van der Waals surface area contributed by atoms with E-state index in [1.54, 1.807) is 6.07 Å². The fraction of sp³-hybridized carbons (Fsp3) is 0.300. The molecule has 0 bridgehead atoms. The number of methoxy groups -OCH3 is 3. The summed E-state index contributed by atoms with van der Waals surface area (Å²) >= 11 is 6.17. The lowest BCUT2D eigenvalue weighted by atomic mass is 10.1. The lowest BCUT2D eigenvalue weighted by Crippen LogP contribution is -2.21. The number of carbonyl (C=O) groups excluding carboxylic acids is 2. The van der Waals surface area contributed by atoms with E-state index in [4.69, 9.17) is 30.5 Å². The minimum atomic E-state index is -0.707. The monoisotopic (exact) mass is 407 g/mol. The third-order valence-corrected chi connectivity index (χ3v) is 4.23. The summed E-state index contributed by atoms with van der Waals surface area (Å²) in [5.74, 6) is -0.250. The van der Waals surface area contributed by atoms with Crippen molar-refractivity contribution in [2.24, 2.45) is 0 Å². The Labute approximate surface area is 168 Å². The van der Waals surface area contributed by atoms with Gasteiger partial charge in [0, 0.05) is 0 Å². The number of rotatable bonds is 7. The zero-order chi connectivity index (χ0) is 20.8. The maximum absolute atomic E-state index is 12.3. The molecule has 0 aliphatic carbocycles. The molecule has 2 rings (SSSR count). The second-order valence-electron chi connectivity index (χ2n) is 5.98. The topological polar surface area (TPSA) is 83.1 Å². The first-order chi connectivity index (χ1) is 13.3. The third kappa shape index (κ3) is 4.86. The molecule has 8 heteroatoms. The maximum atomic E-state index is 12.3. The zero-order valence-corrected chi connectivity index (χ0v) is 17.1. The van der Waals surface area contributed by atoms with Gasteiger partial charge in [0.1, 0.15) is 0 Å². The lowest BCUT2D eigenvalue weighted by molar-refractivity contribution is -0.119. The quantitative estimate of drug-likeness (QED) is 0.703. The molecule has 0 spiro atoms. The average molecular weight is 408 g/mol. The largest absolute Gasteiger partial charge is 0.493 e. The Kier molecular flexibility index (Phi) is 7.12. The molecule has 0 unspecified atom stereocenters. The summed E-state index contributed by atoms with van der Waals surface area (Å²) in [4.78, 5) is 24.5. The fourth-order valence-electron chi connectivity index (χ4n) is 2.66. The van der Waals surface area contributed by atoms with Crippen molar-refractivity contribution >= 4 is 29.2 Å². The first kappa shape index (κ1) is 21.4. The Morgan fingerprint density at radius 3 is 2.07 bits per heavy atom. The molecule has 0 atom stereocenters. The van der Waals surface area contributed by atoms with Gasteiger partial charge in [0.15, 0.2) is 18.1 Å². The molecule has 150 valence electrons. The van der Waals surface area contributed by atoms with Crippen LogP contribution in [-0.4, -0.2) is 39.8 Å².